The third-order valence-corrected chi connectivity index (χ3v) is 4.38. The van der Waals surface area contributed by atoms with Gasteiger partial charge in [0.1, 0.15) is 6.54 Å². The highest BCUT2D eigenvalue weighted by Crippen LogP contribution is 2.36. The van der Waals surface area contributed by atoms with Gasteiger partial charge in [-0.15, -0.1) is 5.10 Å². The maximum absolute atomic E-state index is 12.5. The summed E-state index contributed by atoms with van der Waals surface area (Å²) < 4.78 is 7.16. The van der Waals surface area contributed by atoms with Crippen molar-refractivity contribution < 1.29 is 9.53 Å². The molecule has 1 N–H and O–H groups in total. The summed E-state index contributed by atoms with van der Waals surface area (Å²) in [4.78, 5) is 14.5. The van der Waals surface area contributed by atoms with Crippen LogP contribution in [0.3, 0.4) is 0 Å². The fraction of sp³-hybridized carbons (Fsp3) is 0.786. The second-order valence-electron chi connectivity index (χ2n) is 5.92. The first-order chi connectivity index (χ1) is 10.2. The topological polar surface area (TPSA) is 72.3 Å². The van der Waals surface area contributed by atoms with Crippen LogP contribution < -0.4 is 5.32 Å². The predicted molar refractivity (Wildman–Crippen MR) is 76.5 cm³/mol. The number of amides is 1. The lowest BCUT2D eigenvalue weighted by molar-refractivity contribution is -0.141. The maximum atomic E-state index is 12.5. The van der Waals surface area contributed by atoms with Gasteiger partial charge in [0, 0.05) is 12.6 Å². The van der Waals surface area contributed by atoms with Crippen LogP contribution in [0.1, 0.15) is 31.5 Å². The van der Waals surface area contributed by atoms with Crippen molar-refractivity contribution in [3.8, 4) is 0 Å². The quantitative estimate of drug-likeness (QED) is 0.839. The number of rotatable bonds is 5. The number of hydrogen-bond acceptors (Lipinski definition) is 5. The van der Waals surface area contributed by atoms with Crippen molar-refractivity contribution in [2.75, 3.05) is 26.8 Å². The summed E-state index contributed by atoms with van der Waals surface area (Å²) in [5.74, 6) is 0.744. The second-order valence-corrected chi connectivity index (χ2v) is 5.92. The van der Waals surface area contributed by atoms with E-state index in [0.717, 1.165) is 5.69 Å². The molecule has 0 aromatic carbocycles. The molecule has 7 heteroatoms. The lowest BCUT2D eigenvalue weighted by Gasteiger charge is -2.35. The highest BCUT2D eigenvalue weighted by atomic mass is 16.5. The van der Waals surface area contributed by atoms with E-state index in [0.29, 0.717) is 25.7 Å². The zero-order chi connectivity index (χ0) is 14.8. The highest BCUT2D eigenvalue weighted by Gasteiger charge is 2.39. The second kappa shape index (κ2) is 6.11. The third-order valence-electron chi connectivity index (χ3n) is 4.38. The molecular formula is C14H23N5O2. The minimum absolute atomic E-state index is 0.115. The maximum Gasteiger partial charge on any atom is 0.244 e. The minimum atomic E-state index is 0.115. The van der Waals surface area contributed by atoms with Crippen LogP contribution in [0.25, 0.3) is 0 Å². The van der Waals surface area contributed by atoms with Crippen molar-refractivity contribution in [3.63, 3.8) is 0 Å². The first-order valence-electron chi connectivity index (χ1n) is 7.63. The van der Waals surface area contributed by atoms with Gasteiger partial charge in [0.05, 0.1) is 31.1 Å². The Hall–Kier alpha value is -1.47. The average molecular weight is 293 g/mol. The van der Waals surface area contributed by atoms with Gasteiger partial charge >= 0.3 is 0 Å². The number of carbonyl (C=O) groups is 1. The van der Waals surface area contributed by atoms with Gasteiger partial charge in [-0.25, -0.2) is 4.68 Å². The van der Waals surface area contributed by atoms with E-state index >= 15 is 0 Å². The number of morpholine rings is 1. The Morgan fingerprint density at radius 2 is 2.38 bits per heavy atom. The summed E-state index contributed by atoms with van der Waals surface area (Å²) in [7, 11) is 1.88. The molecule has 21 heavy (non-hydrogen) atoms. The zero-order valence-corrected chi connectivity index (χ0v) is 12.7. The lowest BCUT2D eigenvalue weighted by Crippen LogP contribution is -2.50. The number of nitrogens with one attached hydrogen (secondary N) is 1. The van der Waals surface area contributed by atoms with Crippen LogP contribution in [0.2, 0.25) is 0 Å². The molecule has 2 fully saturated rings. The molecule has 116 valence electrons. The Labute approximate surface area is 124 Å². The summed E-state index contributed by atoms with van der Waals surface area (Å²) in [5, 5.41) is 11.3. The normalized spacial score (nSPS) is 24.1. The molecule has 1 aliphatic heterocycles. The van der Waals surface area contributed by atoms with Gasteiger partial charge in [-0.1, -0.05) is 5.21 Å². The van der Waals surface area contributed by atoms with Crippen molar-refractivity contribution in [1.29, 1.82) is 0 Å². The predicted octanol–water partition coefficient (Wildman–Crippen LogP) is 0.196. The standard InChI is InChI=1S/C14H23N5O2/c1-10(15-2)12-7-18(17-16-12)8-14(20)19-5-6-21-9-13(19)11-3-4-11/h7,10-11,13,15H,3-6,8-9H2,1-2H3. The van der Waals surface area contributed by atoms with Crippen molar-refractivity contribution in [2.45, 2.75) is 38.4 Å². The number of ether oxygens (including phenoxy) is 1. The van der Waals surface area contributed by atoms with E-state index in [2.05, 4.69) is 15.6 Å². The fourth-order valence-corrected chi connectivity index (χ4v) is 2.77. The van der Waals surface area contributed by atoms with Crippen molar-refractivity contribution in [2.24, 2.45) is 5.92 Å². The summed E-state index contributed by atoms with van der Waals surface area (Å²) in [6.07, 6.45) is 4.27. The number of carbonyl (C=O) groups excluding carboxylic acids is 1. The summed E-state index contributed by atoms with van der Waals surface area (Å²) in [6, 6.07) is 0.391. The molecule has 3 rings (SSSR count). The average Bonchev–Trinajstić information content (AvgIpc) is 3.26. The lowest BCUT2D eigenvalue weighted by atomic mass is 10.1. The largest absolute Gasteiger partial charge is 0.377 e. The molecule has 2 heterocycles. The molecule has 2 aliphatic rings. The van der Waals surface area contributed by atoms with Crippen LogP contribution in [-0.2, 0) is 16.1 Å². The first-order valence-corrected chi connectivity index (χ1v) is 7.63. The van der Waals surface area contributed by atoms with Crippen LogP contribution >= 0.6 is 0 Å². The van der Waals surface area contributed by atoms with Gasteiger partial charge in [-0.05, 0) is 32.7 Å². The summed E-state index contributed by atoms with van der Waals surface area (Å²) >= 11 is 0. The van der Waals surface area contributed by atoms with Crippen LogP contribution in [0.15, 0.2) is 6.20 Å². The van der Waals surface area contributed by atoms with E-state index in [-0.39, 0.29) is 24.5 Å². The highest BCUT2D eigenvalue weighted by molar-refractivity contribution is 5.76. The minimum Gasteiger partial charge on any atom is -0.377 e. The summed E-state index contributed by atoms with van der Waals surface area (Å²) in [5.41, 5.74) is 0.853. The van der Waals surface area contributed by atoms with E-state index in [4.69, 9.17) is 4.74 Å². The van der Waals surface area contributed by atoms with E-state index in [1.165, 1.54) is 12.8 Å². The van der Waals surface area contributed by atoms with E-state index < -0.39 is 0 Å². The van der Waals surface area contributed by atoms with Crippen LogP contribution in [0.4, 0.5) is 0 Å². The van der Waals surface area contributed by atoms with Crippen molar-refractivity contribution in [3.05, 3.63) is 11.9 Å². The third kappa shape index (κ3) is 3.24. The van der Waals surface area contributed by atoms with Crippen LogP contribution in [0.5, 0.6) is 0 Å². The first kappa shape index (κ1) is 14.5. The van der Waals surface area contributed by atoms with E-state index in [1.54, 1.807) is 4.68 Å². The Morgan fingerprint density at radius 3 is 3.10 bits per heavy atom. The Kier molecular flexibility index (Phi) is 4.21. The van der Waals surface area contributed by atoms with Crippen LogP contribution in [-0.4, -0.2) is 58.6 Å². The monoisotopic (exact) mass is 293 g/mol. The summed E-state index contributed by atoms with van der Waals surface area (Å²) in [6.45, 7) is 4.27. The number of aromatic nitrogens is 3. The van der Waals surface area contributed by atoms with Gasteiger partial charge < -0.3 is 15.0 Å². The Bertz CT molecular complexity index is 499. The molecule has 1 aromatic rings. The molecule has 0 bridgehead atoms. The van der Waals surface area contributed by atoms with Gasteiger partial charge in [-0.3, -0.25) is 4.79 Å². The van der Waals surface area contributed by atoms with Gasteiger partial charge in [0.15, 0.2) is 0 Å². The fourth-order valence-electron chi connectivity index (χ4n) is 2.77. The zero-order valence-electron chi connectivity index (χ0n) is 12.7. The van der Waals surface area contributed by atoms with Crippen LogP contribution in [0, 0.1) is 5.92 Å². The van der Waals surface area contributed by atoms with E-state index in [1.807, 2.05) is 25.1 Å². The molecule has 0 radical (unpaired) electrons. The molecule has 2 unspecified atom stereocenters. The molecular weight excluding hydrogens is 270 g/mol. The smallest absolute Gasteiger partial charge is 0.244 e. The number of hydrogen-bond donors (Lipinski definition) is 1. The molecule has 2 atom stereocenters. The Morgan fingerprint density at radius 1 is 1.57 bits per heavy atom. The molecule has 1 amide bonds. The number of nitrogens with zero attached hydrogens (tertiary/aromatic N) is 4. The van der Waals surface area contributed by atoms with Crippen molar-refractivity contribution in [1.82, 2.24) is 25.2 Å². The van der Waals surface area contributed by atoms with Crippen molar-refractivity contribution >= 4 is 5.91 Å². The molecule has 1 aromatic heterocycles. The van der Waals surface area contributed by atoms with E-state index in [9.17, 15) is 4.79 Å². The SMILES string of the molecule is CNC(C)c1cn(CC(=O)N2CCOCC2C2CC2)nn1. The van der Waals surface area contributed by atoms with Gasteiger partial charge in [-0.2, -0.15) is 0 Å². The molecule has 1 aliphatic carbocycles. The molecule has 7 nitrogen and oxygen atoms in total. The molecule has 1 saturated heterocycles. The molecule has 0 spiro atoms. The molecule has 1 saturated carbocycles. The van der Waals surface area contributed by atoms with Gasteiger partial charge in [0.25, 0.3) is 0 Å². The van der Waals surface area contributed by atoms with Gasteiger partial charge in [0.2, 0.25) is 5.91 Å². The Balaban J connectivity index is 1.63.